The Kier molecular flexibility index (Phi) is 4.96. The van der Waals surface area contributed by atoms with Crippen LogP contribution in [0.4, 0.5) is 10.7 Å². The Morgan fingerprint density at radius 2 is 2.29 bits per heavy atom. The summed E-state index contributed by atoms with van der Waals surface area (Å²) in [4.78, 5) is 11.6. The standard InChI is InChI=1S/C11H19N3O3/c1-7(2)4-9(6-15)12-11(16)13-10-5-8(3)14-17-10/h5,7,9,15H,4,6H2,1-3H3,(H2,12,13,16)/t9-/m1/s1. The molecule has 0 aliphatic carbocycles. The largest absolute Gasteiger partial charge is 0.394 e. The van der Waals surface area contributed by atoms with Crippen LogP contribution in [0.1, 0.15) is 26.0 Å². The molecule has 2 amide bonds. The highest BCUT2D eigenvalue weighted by Gasteiger charge is 2.14. The number of nitrogens with zero attached hydrogens (tertiary/aromatic N) is 1. The Balaban J connectivity index is 2.42. The molecular formula is C11H19N3O3. The number of aliphatic hydroxyl groups is 1. The maximum absolute atomic E-state index is 11.6. The summed E-state index contributed by atoms with van der Waals surface area (Å²) in [6.45, 7) is 5.74. The number of anilines is 1. The number of rotatable bonds is 5. The molecule has 0 unspecified atom stereocenters. The number of aromatic nitrogens is 1. The molecule has 0 saturated carbocycles. The number of amides is 2. The third kappa shape index (κ3) is 4.86. The molecule has 6 heteroatoms. The van der Waals surface area contributed by atoms with Gasteiger partial charge in [-0.25, -0.2) is 4.79 Å². The molecule has 0 aliphatic heterocycles. The molecule has 17 heavy (non-hydrogen) atoms. The van der Waals surface area contributed by atoms with Gasteiger partial charge in [0.2, 0.25) is 5.88 Å². The van der Waals surface area contributed by atoms with Gasteiger partial charge in [-0.3, -0.25) is 5.32 Å². The Hall–Kier alpha value is -1.56. The molecule has 0 aromatic carbocycles. The number of aliphatic hydroxyl groups excluding tert-OH is 1. The highest BCUT2D eigenvalue weighted by atomic mass is 16.5. The maximum Gasteiger partial charge on any atom is 0.321 e. The predicted octanol–water partition coefficient (Wildman–Crippen LogP) is 1.51. The van der Waals surface area contributed by atoms with Gasteiger partial charge in [0.25, 0.3) is 0 Å². The molecule has 1 atom stereocenters. The van der Waals surface area contributed by atoms with Crippen LogP contribution in [0.15, 0.2) is 10.6 Å². The van der Waals surface area contributed by atoms with Crippen molar-refractivity contribution in [2.75, 3.05) is 11.9 Å². The van der Waals surface area contributed by atoms with E-state index in [0.29, 0.717) is 17.5 Å². The van der Waals surface area contributed by atoms with Crippen molar-refractivity contribution in [2.24, 2.45) is 5.92 Å². The molecule has 96 valence electrons. The third-order valence-corrected chi connectivity index (χ3v) is 2.18. The fourth-order valence-corrected chi connectivity index (χ4v) is 1.50. The number of hydrogen-bond acceptors (Lipinski definition) is 4. The molecule has 1 heterocycles. The van der Waals surface area contributed by atoms with Gasteiger partial charge in [0.15, 0.2) is 0 Å². The van der Waals surface area contributed by atoms with Gasteiger partial charge in [-0.05, 0) is 19.3 Å². The first-order valence-corrected chi connectivity index (χ1v) is 5.63. The molecule has 0 saturated heterocycles. The summed E-state index contributed by atoms with van der Waals surface area (Å²) >= 11 is 0. The van der Waals surface area contributed by atoms with E-state index < -0.39 is 6.03 Å². The van der Waals surface area contributed by atoms with Crippen LogP contribution in [0.25, 0.3) is 0 Å². The Morgan fingerprint density at radius 3 is 2.76 bits per heavy atom. The zero-order chi connectivity index (χ0) is 12.8. The summed E-state index contributed by atoms with van der Waals surface area (Å²) in [7, 11) is 0. The molecule has 1 aromatic rings. The number of nitrogens with one attached hydrogen (secondary N) is 2. The summed E-state index contributed by atoms with van der Waals surface area (Å²) in [5.74, 6) is 0.696. The molecule has 6 nitrogen and oxygen atoms in total. The molecule has 0 aliphatic rings. The second-order valence-electron chi connectivity index (χ2n) is 4.44. The molecule has 0 spiro atoms. The number of carbonyl (C=O) groups is 1. The van der Waals surface area contributed by atoms with Crippen LogP contribution in [0.3, 0.4) is 0 Å². The number of urea groups is 1. The van der Waals surface area contributed by atoms with E-state index in [-0.39, 0.29) is 12.6 Å². The van der Waals surface area contributed by atoms with E-state index in [1.165, 1.54) is 0 Å². The first-order chi connectivity index (χ1) is 8.01. The smallest absolute Gasteiger partial charge is 0.321 e. The summed E-state index contributed by atoms with van der Waals surface area (Å²) in [5.41, 5.74) is 0.696. The Morgan fingerprint density at radius 1 is 1.59 bits per heavy atom. The number of aryl methyl sites for hydroxylation is 1. The molecule has 1 rings (SSSR count). The van der Waals surface area contributed by atoms with Crippen LogP contribution in [0, 0.1) is 12.8 Å². The summed E-state index contributed by atoms with van der Waals surface area (Å²) in [5, 5.41) is 17.9. The first kappa shape index (κ1) is 13.5. The van der Waals surface area contributed by atoms with Gasteiger partial charge in [0.1, 0.15) is 0 Å². The van der Waals surface area contributed by atoms with Crippen molar-refractivity contribution in [1.29, 1.82) is 0 Å². The van der Waals surface area contributed by atoms with Gasteiger partial charge in [0, 0.05) is 6.07 Å². The van der Waals surface area contributed by atoms with Crippen molar-refractivity contribution in [3.8, 4) is 0 Å². The van der Waals surface area contributed by atoms with Crippen LogP contribution < -0.4 is 10.6 Å². The second kappa shape index (κ2) is 6.24. The molecule has 1 aromatic heterocycles. The van der Waals surface area contributed by atoms with Gasteiger partial charge in [-0.2, -0.15) is 0 Å². The topological polar surface area (TPSA) is 87.4 Å². The van der Waals surface area contributed by atoms with Gasteiger partial charge >= 0.3 is 6.03 Å². The zero-order valence-electron chi connectivity index (χ0n) is 10.4. The van der Waals surface area contributed by atoms with Crippen molar-refractivity contribution in [2.45, 2.75) is 33.2 Å². The van der Waals surface area contributed by atoms with Crippen LogP contribution in [0.2, 0.25) is 0 Å². The Labute approximate surface area is 100 Å². The third-order valence-electron chi connectivity index (χ3n) is 2.18. The molecule has 0 fully saturated rings. The van der Waals surface area contributed by atoms with Crippen LogP contribution in [0.5, 0.6) is 0 Å². The fourth-order valence-electron chi connectivity index (χ4n) is 1.50. The average Bonchev–Trinajstić information content (AvgIpc) is 2.62. The van der Waals surface area contributed by atoms with Crippen molar-refractivity contribution < 1.29 is 14.4 Å². The van der Waals surface area contributed by atoms with E-state index in [2.05, 4.69) is 15.8 Å². The van der Waals surface area contributed by atoms with Gasteiger partial charge in [0.05, 0.1) is 18.3 Å². The minimum absolute atomic E-state index is 0.0823. The molecule has 3 N–H and O–H groups in total. The predicted molar refractivity (Wildman–Crippen MR) is 63.7 cm³/mol. The highest BCUT2D eigenvalue weighted by Crippen LogP contribution is 2.08. The number of hydrogen-bond donors (Lipinski definition) is 3. The van der Waals surface area contributed by atoms with Gasteiger partial charge < -0.3 is 14.9 Å². The minimum atomic E-state index is -0.402. The average molecular weight is 241 g/mol. The maximum atomic E-state index is 11.6. The summed E-state index contributed by atoms with van der Waals surface area (Å²) < 4.78 is 4.85. The van der Waals surface area contributed by atoms with Crippen molar-refractivity contribution in [3.63, 3.8) is 0 Å². The van der Waals surface area contributed by atoms with Crippen LogP contribution in [-0.2, 0) is 0 Å². The normalized spacial score (nSPS) is 12.5. The van der Waals surface area contributed by atoms with Crippen LogP contribution >= 0.6 is 0 Å². The monoisotopic (exact) mass is 241 g/mol. The first-order valence-electron chi connectivity index (χ1n) is 5.63. The van der Waals surface area contributed by atoms with E-state index >= 15 is 0 Å². The lowest BCUT2D eigenvalue weighted by Crippen LogP contribution is -2.40. The van der Waals surface area contributed by atoms with Gasteiger partial charge in [-0.1, -0.05) is 19.0 Å². The summed E-state index contributed by atoms with van der Waals surface area (Å²) in [6.07, 6.45) is 0.722. The van der Waals surface area contributed by atoms with E-state index in [4.69, 9.17) is 9.63 Å². The summed E-state index contributed by atoms with van der Waals surface area (Å²) in [6, 6.07) is 0.968. The lowest BCUT2D eigenvalue weighted by Gasteiger charge is -2.17. The van der Waals surface area contributed by atoms with Crippen LogP contribution in [-0.4, -0.2) is 28.9 Å². The minimum Gasteiger partial charge on any atom is -0.394 e. The van der Waals surface area contributed by atoms with Crippen molar-refractivity contribution >= 4 is 11.9 Å². The van der Waals surface area contributed by atoms with Gasteiger partial charge in [-0.15, -0.1) is 0 Å². The van der Waals surface area contributed by atoms with E-state index in [1.54, 1.807) is 13.0 Å². The highest BCUT2D eigenvalue weighted by molar-refractivity contribution is 5.87. The van der Waals surface area contributed by atoms with Crippen molar-refractivity contribution in [1.82, 2.24) is 10.5 Å². The van der Waals surface area contributed by atoms with E-state index in [9.17, 15) is 4.79 Å². The molecular weight excluding hydrogens is 222 g/mol. The SMILES string of the molecule is Cc1cc(NC(=O)N[C@@H](CO)CC(C)C)on1. The van der Waals surface area contributed by atoms with E-state index in [1.807, 2.05) is 13.8 Å². The second-order valence-corrected chi connectivity index (χ2v) is 4.44. The number of carbonyl (C=O) groups excluding carboxylic acids is 1. The fraction of sp³-hybridized carbons (Fsp3) is 0.636. The Bertz CT molecular complexity index is 363. The van der Waals surface area contributed by atoms with Crippen molar-refractivity contribution in [3.05, 3.63) is 11.8 Å². The molecule has 0 bridgehead atoms. The quantitative estimate of drug-likeness (QED) is 0.729. The zero-order valence-corrected chi connectivity index (χ0v) is 10.4. The lowest BCUT2D eigenvalue weighted by atomic mass is 10.0. The lowest BCUT2D eigenvalue weighted by molar-refractivity contribution is 0.213. The molecule has 0 radical (unpaired) electrons. The van der Waals surface area contributed by atoms with E-state index in [0.717, 1.165) is 6.42 Å².